The molecule has 5 nitrogen and oxygen atoms in total. The molecule has 98 valence electrons. The summed E-state index contributed by atoms with van der Waals surface area (Å²) in [5.74, 6) is 0. The Hall–Kier alpha value is -1.30. The average Bonchev–Trinajstić information content (AvgIpc) is 2.40. The molecule has 1 atom stereocenters. The lowest BCUT2D eigenvalue weighted by Crippen LogP contribution is -2.41. The fourth-order valence-electron chi connectivity index (χ4n) is 1.58. The van der Waals surface area contributed by atoms with E-state index in [-0.39, 0.29) is 12.7 Å². The maximum absolute atomic E-state index is 11.5. The third kappa shape index (κ3) is 4.18. The number of nitrogens with one attached hydrogen (secondary N) is 2. The smallest absolute Gasteiger partial charge is 0.411 e. The first-order valence-electron chi connectivity index (χ1n) is 5.76. The predicted molar refractivity (Wildman–Crippen MR) is 69.0 cm³/mol. The van der Waals surface area contributed by atoms with Crippen LogP contribution < -0.4 is 10.6 Å². The van der Waals surface area contributed by atoms with Crippen LogP contribution in [-0.2, 0) is 9.47 Å². The number of ether oxygens (including phenoxy) is 2. The van der Waals surface area contributed by atoms with E-state index in [0.717, 1.165) is 6.54 Å². The second-order valence-corrected chi connectivity index (χ2v) is 4.36. The molecule has 1 unspecified atom stereocenters. The van der Waals surface area contributed by atoms with Crippen LogP contribution in [0, 0.1) is 0 Å². The summed E-state index contributed by atoms with van der Waals surface area (Å²) in [6, 6.07) is 6.82. The Morgan fingerprint density at radius 1 is 1.50 bits per heavy atom. The van der Waals surface area contributed by atoms with Crippen molar-refractivity contribution in [2.45, 2.75) is 6.10 Å². The number of anilines is 1. The van der Waals surface area contributed by atoms with Gasteiger partial charge in [-0.25, -0.2) is 4.79 Å². The lowest BCUT2D eigenvalue weighted by Gasteiger charge is -2.23. The van der Waals surface area contributed by atoms with Gasteiger partial charge in [0.2, 0.25) is 0 Å². The van der Waals surface area contributed by atoms with Crippen molar-refractivity contribution in [1.29, 1.82) is 0 Å². The van der Waals surface area contributed by atoms with Crippen LogP contribution in [0.3, 0.4) is 0 Å². The highest BCUT2D eigenvalue weighted by Gasteiger charge is 2.15. The van der Waals surface area contributed by atoms with Crippen LogP contribution >= 0.6 is 11.6 Å². The topological polar surface area (TPSA) is 59.6 Å². The Balaban J connectivity index is 1.73. The number of benzene rings is 1. The number of amides is 1. The zero-order valence-electron chi connectivity index (χ0n) is 9.82. The first kappa shape index (κ1) is 13.1. The second-order valence-electron chi connectivity index (χ2n) is 3.93. The first-order chi connectivity index (χ1) is 8.74. The zero-order valence-corrected chi connectivity index (χ0v) is 10.6. The van der Waals surface area contributed by atoms with E-state index in [1.54, 1.807) is 24.3 Å². The number of hydrogen-bond donors (Lipinski definition) is 2. The summed E-state index contributed by atoms with van der Waals surface area (Å²) < 4.78 is 10.5. The number of halogens is 1. The van der Waals surface area contributed by atoms with Crippen molar-refractivity contribution < 1.29 is 14.3 Å². The van der Waals surface area contributed by atoms with Crippen molar-refractivity contribution in [2.24, 2.45) is 0 Å². The van der Waals surface area contributed by atoms with Gasteiger partial charge in [0.1, 0.15) is 12.7 Å². The van der Waals surface area contributed by atoms with Gasteiger partial charge in [0, 0.05) is 23.8 Å². The number of morpholine rings is 1. The minimum atomic E-state index is -0.494. The molecule has 0 radical (unpaired) electrons. The summed E-state index contributed by atoms with van der Waals surface area (Å²) in [6.07, 6.45) is -0.568. The van der Waals surface area contributed by atoms with E-state index < -0.39 is 6.09 Å². The number of carbonyl (C=O) groups is 1. The summed E-state index contributed by atoms with van der Waals surface area (Å²) in [5, 5.41) is 6.40. The van der Waals surface area contributed by atoms with E-state index >= 15 is 0 Å². The molecule has 1 aliphatic heterocycles. The molecule has 1 fully saturated rings. The van der Waals surface area contributed by atoms with Gasteiger partial charge in [0.25, 0.3) is 0 Å². The van der Waals surface area contributed by atoms with Crippen LogP contribution in [0.5, 0.6) is 0 Å². The van der Waals surface area contributed by atoms with Crippen LogP contribution in [0.2, 0.25) is 5.02 Å². The largest absolute Gasteiger partial charge is 0.446 e. The Kier molecular flexibility index (Phi) is 4.81. The average molecular weight is 271 g/mol. The maximum Gasteiger partial charge on any atom is 0.411 e. The molecule has 1 saturated heterocycles. The molecule has 0 saturated carbocycles. The Morgan fingerprint density at radius 3 is 2.94 bits per heavy atom. The summed E-state index contributed by atoms with van der Waals surface area (Å²) >= 11 is 5.74. The van der Waals surface area contributed by atoms with E-state index in [9.17, 15) is 4.79 Å². The van der Waals surface area contributed by atoms with Crippen LogP contribution in [0.15, 0.2) is 24.3 Å². The highest BCUT2D eigenvalue weighted by atomic mass is 35.5. The molecule has 1 aromatic carbocycles. The third-order valence-corrected chi connectivity index (χ3v) is 2.75. The molecule has 1 aromatic rings. The second kappa shape index (κ2) is 6.58. The van der Waals surface area contributed by atoms with E-state index in [2.05, 4.69) is 10.6 Å². The van der Waals surface area contributed by atoms with Gasteiger partial charge >= 0.3 is 6.09 Å². The van der Waals surface area contributed by atoms with Gasteiger partial charge in [-0.3, -0.25) is 5.32 Å². The Bertz CT molecular complexity index is 391. The fourth-order valence-corrected chi connectivity index (χ4v) is 1.71. The lowest BCUT2D eigenvalue weighted by atomic mass is 10.3. The van der Waals surface area contributed by atoms with E-state index in [1.165, 1.54) is 0 Å². The van der Waals surface area contributed by atoms with Gasteiger partial charge < -0.3 is 14.8 Å². The van der Waals surface area contributed by atoms with Gasteiger partial charge in [0.15, 0.2) is 0 Å². The molecule has 2 rings (SSSR count). The minimum Gasteiger partial charge on any atom is -0.446 e. The molecule has 0 spiro atoms. The van der Waals surface area contributed by atoms with Gasteiger partial charge in [-0.15, -0.1) is 0 Å². The van der Waals surface area contributed by atoms with Crippen molar-refractivity contribution in [3.05, 3.63) is 29.3 Å². The molecule has 0 bridgehead atoms. The van der Waals surface area contributed by atoms with Gasteiger partial charge in [-0.1, -0.05) is 11.6 Å². The van der Waals surface area contributed by atoms with Crippen LogP contribution in [0.25, 0.3) is 0 Å². The maximum atomic E-state index is 11.5. The molecule has 2 N–H and O–H groups in total. The van der Waals surface area contributed by atoms with Crippen molar-refractivity contribution in [1.82, 2.24) is 5.32 Å². The van der Waals surface area contributed by atoms with E-state index in [4.69, 9.17) is 21.1 Å². The van der Waals surface area contributed by atoms with E-state index in [1.807, 2.05) is 0 Å². The summed E-state index contributed by atoms with van der Waals surface area (Å²) in [7, 11) is 0. The fraction of sp³-hybridized carbons (Fsp3) is 0.417. The number of carbonyl (C=O) groups excluding carboxylic acids is 1. The minimum absolute atomic E-state index is 0.0743. The van der Waals surface area contributed by atoms with Gasteiger partial charge in [-0.05, 0) is 24.3 Å². The van der Waals surface area contributed by atoms with Gasteiger partial charge in [-0.2, -0.15) is 0 Å². The van der Waals surface area contributed by atoms with Crippen LogP contribution in [0.4, 0.5) is 10.5 Å². The molecular formula is C12H15ClN2O3. The Morgan fingerprint density at radius 2 is 2.28 bits per heavy atom. The standard InChI is InChI=1S/C12H15ClN2O3/c13-9-1-3-10(4-2-9)15-12(16)18-8-11-7-14-5-6-17-11/h1-4,11,14H,5-8H2,(H,15,16). The van der Waals surface area contributed by atoms with Crippen LogP contribution in [0.1, 0.15) is 0 Å². The number of hydrogen-bond acceptors (Lipinski definition) is 4. The van der Waals surface area contributed by atoms with Gasteiger partial charge in [0.05, 0.1) is 6.61 Å². The van der Waals surface area contributed by atoms with Crippen molar-refractivity contribution in [3.8, 4) is 0 Å². The van der Waals surface area contributed by atoms with Crippen LogP contribution in [-0.4, -0.2) is 38.5 Å². The van der Waals surface area contributed by atoms with Crippen molar-refractivity contribution in [3.63, 3.8) is 0 Å². The molecule has 0 aliphatic carbocycles. The highest BCUT2D eigenvalue weighted by Crippen LogP contribution is 2.13. The SMILES string of the molecule is O=C(Nc1ccc(Cl)cc1)OCC1CNCCO1. The highest BCUT2D eigenvalue weighted by molar-refractivity contribution is 6.30. The molecule has 18 heavy (non-hydrogen) atoms. The first-order valence-corrected chi connectivity index (χ1v) is 6.13. The normalized spacial score (nSPS) is 19.3. The summed E-state index contributed by atoms with van der Waals surface area (Å²) in [6.45, 7) is 2.43. The summed E-state index contributed by atoms with van der Waals surface area (Å²) in [4.78, 5) is 11.5. The molecule has 1 aliphatic rings. The summed E-state index contributed by atoms with van der Waals surface area (Å²) in [5.41, 5.74) is 0.645. The molecule has 1 heterocycles. The number of rotatable bonds is 3. The van der Waals surface area contributed by atoms with E-state index in [0.29, 0.717) is 23.9 Å². The van der Waals surface area contributed by atoms with Crippen molar-refractivity contribution in [2.75, 3.05) is 31.6 Å². The predicted octanol–water partition coefficient (Wildman–Crippen LogP) is 1.88. The van der Waals surface area contributed by atoms with Crippen molar-refractivity contribution >= 4 is 23.4 Å². The molecular weight excluding hydrogens is 256 g/mol. The molecule has 1 amide bonds. The lowest BCUT2D eigenvalue weighted by molar-refractivity contribution is -0.00984. The molecule has 6 heteroatoms. The molecule has 0 aromatic heterocycles. The third-order valence-electron chi connectivity index (χ3n) is 2.50. The Labute approximate surface area is 110 Å². The quantitative estimate of drug-likeness (QED) is 0.880. The monoisotopic (exact) mass is 270 g/mol. The zero-order chi connectivity index (χ0) is 12.8.